The van der Waals surface area contributed by atoms with Crippen LogP contribution in [0.15, 0.2) is 119 Å². The Morgan fingerprint density at radius 1 is 0.902 bits per heavy atom. The van der Waals surface area contributed by atoms with Gasteiger partial charge in [0.05, 0.1) is 22.9 Å². The van der Waals surface area contributed by atoms with Crippen molar-refractivity contribution in [2.24, 2.45) is 0 Å². The van der Waals surface area contributed by atoms with E-state index in [1.165, 1.54) is 16.1 Å². The molecule has 8 nitrogen and oxygen atoms in total. The van der Waals surface area contributed by atoms with Gasteiger partial charge in [-0.3, -0.25) is 13.7 Å². The van der Waals surface area contributed by atoms with Crippen molar-refractivity contribution in [1.29, 1.82) is 0 Å². The van der Waals surface area contributed by atoms with Crippen molar-refractivity contribution in [3.8, 4) is 5.69 Å². The monoisotopic (exact) mass is 603 g/mol. The van der Waals surface area contributed by atoms with Crippen molar-refractivity contribution in [2.75, 3.05) is 15.4 Å². The average molecular weight is 604 g/mol. The van der Waals surface area contributed by atoms with Crippen LogP contribution in [0.4, 0.5) is 11.4 Å². The van der Waals surface area contributed by atoms with Crippen molar-refractivity contribution in [2.45, 2.75) is 23.5 Å². The lowest BCUT2D eigenvalue weighted by Crippen LogP contribution is -2.31. The lowest BCUT2D eigenvalue weighted by molar-refractivity contribution is -0.113. The number of nitrogens with zero attached hydrogens (tertiary/aromatic N) is 4. The molecular weight excluding hydrogens is 578 g/mol. The van der Waals surface area contributed by atoms with Gasteiger partial charge in [-0.05, 0) is 61.5 Å². The zero-order chi connectivity index (χ0) is 28.8. The summed E-state index contributed by atoms with van der Waals surface area (Å²) >= 11 is 7.48. The molecule has 0 radical (unpaired) electrons. The van der Waals surface area contributed by atoms with Gasteiger partial charge in [-0.2, -0.15) is 0 Å². The molecular formula is C30H26ClN5O3S2. The predicted molar refractivity (Wildman–Crippen MR) is 163 cm³/mol. The molecule has 0 aliphatic heterocycles. The maximum atomic E-state index is 14.0. The second-order valence-electron chi connectivity index (χ2n) is 9.08. The van der Waals surface area contributed by atoms with E-state index in [0.29, 0.717) is 27.4 Å². The number of nitrogens with one attached hydrogen (secondary N) is 1. The Bertz CT molecular complexity index is 1750. The van der Waals surface area contributed by atoms with Crippen LogP contribution in [0.2, 0.25) is 5.02 Å². The highest BCUT2D eigenvalue weighted by atomic mass is 35.5. The van der Waals surface area contributed by atoms with Crippen LogP contribution in [0.5, 0.6) is 0 Å². The highest BCUT2D eigenvalue weighted by molar-refractivity contribution is 7.99. The lowest BCUT2D eigenvalue weighted by Gasteiger charge is -2.25. The molecule has 0 fully saturated rings. The number of carbonyl (C=O) groups is 1. The maximum Gasteiger partial charge on any atom is 0.264 e. The first-order valence-electron chi connectivity index (χ1n) is 12.6. The van der Waals surface area contributed by atoms with Crippen LogP contribution in [-0.2, 0) is 21.4 Å². The van der Waals surface area contributed by atoms with E-state index in [2.05, 4.69) is 15.5 Å². The summed E-state index contributed by atoms with van der Waals surface area (Å²) in [5.41, 5.74) is 2.76. The Morgan fingerprint density at radius 2 is 1.59 bits per heavy atom. The molecule has 208 valence electrons. The summed E-state index contributed by atoms with van der Waals surface area (Å²) in [6, 6.07) is 31.9. The smallest absolute Gasteiger partial charge is 0.264 e. The van der Waals surface area contributed by atoms with E-state index >= 15 is 0 Å². The fourth-order valence-electron chi connectivity index (χ4n) is 4.09. The second kappa shape index (κ2) is 12.6. The van der Waals surface area contributed by atoms with Crippen molar-refractivity contribution >= 4 is 50.7 Å². The highest BCUT2D eigenvalue weighted by Gasteiger charge is 2.28. The summed E-state index contributed by atoms with van der Waals surface area (Å²) in [5.74, 6) is 0.255. The number of amides is 1. The number of aromatic nitrogens is 3. The van der Waals surface area contributed by atoms with Crippen LogP contribution in [0.25, 0.3) is 5.69 Å². The molecule has 0 saturated heterocycles. The van der Waals surface area contributed by atoms with E-state index < -0.39 is 10.0 Å². The molecule has 1 amide bonds. The molecule has 0 saturated carbocycles. The molecule has 11 heteroatoms. The van der Waals surface area contributed by atoms with Crippen LogP contribution in [0.1, 0.15) is 11.4 Å². The number of carbonyl (C=O) groups excluding carboxylic acids is 1. The van der Waals surface area contributed by atoms with Gasteiger partial charge in [0.15, 0.2) is 11.0 Å². The van der Waals surface area contributed by atoms with E-state index in [1.54, 1.807) is 53.1 Å². The molecule has 4 aromatic carbocycles. The molecule has 0 spiro atoms. The number of anilines is 2. The first-order chi connectivity index (χ1) is 19.8. The van der Waals surface area contributed by atoms with Gasteiger partial charge in [0.2, 0.25) is 5.91 Å². The quantitative estimate of drug-likeness (QED) is 0.187. The molecule has 5 aromatic rings. The molecule has 0 aliphatic carbocycles. The van der Waals surface area contributed by atoms with Gasteiger partial charge < -0.3 is 5.32 Å². The number of rotatable bonds is 10. The van der Waals surface area contributed by atoms with Crippen LogP contribution < -0.4 is 9.62 Å². The molecule has 1 heterocycles. The van der Waals surface area contributed by atoms with E-state index in [1.807, 2.05) is 67.6 Å². The molecule has 0 aliphatic rings. The summed E-state index contributed by atoms with van der Waals surface area (Å²) in [6.45, 7) is 1.77. The number of benzene rings is 4. The Hall–Kier alpha value is -4.12. The van der Waals surface area contributed by atoms with Crippen molar-refractivity contribution in [3.63, 3.8) is 0 Å². The van der Waals surface area contributed by atoms with Gasteiger partial charge in [0.1, 0.15) is 0 Å². The van der Waals surface area contributed by atoms with Gasteiger partial charge in [-0.15, -0.1) is 10.2 Å². The minimum absolute atomic E-state index is 0.0829. The number of sulfonamides is 1. The molecule has 5 rings (SSSR count). The molecule has 0 unspecified atom stereocenters. The summed E-state index contributed by atoms with van der Waals surface area (Å²) in [6.07, 6.45) is 0. The van der Waals surface area contributed by atoms with Crippen LogP contribution in [0, 0.1) is 6.92 Å². The maximum absolute atomic E-state index is 14.0. The van der Waals surface area contributed by atoms with E-state index in [-0.39, 0.29) is 23.1 Å². The summed E-state index contributed by atoms with van der Waals surface area (Å²) < 4.78 is 31.0. The van der Waals surface area contributed by atoms with Crippen molar-refractivity contribution < 1.29 is 13.2 Å². The molecule has 1 N–H and O–H groups in total. The average Bonchev–Trinajstić information content (AvgIpc) is 3.38. The van der Waals surface area contributed by atoms with Gasteiger partial charge in [0, 0.05) is 16.4 Å². The SMILES string of the molecule is Cc1ccc(S(=O)(=O)N(Cc2nnc(SCC(=O)Nc3ccccc3)n2-c2ccccc2)c2cccc(Cl)c2)cc1. The van der Waals surface area contributed by atoms with Crippen molar-refractivity contribution in [1.82, 2.24) is 14.8 Å². The Kier molecular flexibility index (Phi) is 8.72. The fourth-order valence-corrected chi connectivity index (χ4v) is 6.46. The minimum Gasteiger partial charge on any atom is -0.325 e. The number of thioether (sulfide) groups is 1. The number of hydrogen-bond acceptors (Lipinski definition) is 6. The Labute approximate surface area is 248 Å². The van der Waals surface area contributed by atoms with Crippen LogP contribution in [-0.4, -0.2) is 34.8 Å². The van der Waals surface area contributed by atoms with Crippen LogP contribution in [0.3, 0.4) is 0 Å². The van der Waals surface area contributed by atoms with E-state index in [4.69, 9.17) is 11.6 Å². The number of para-hydroxylation sites is 2. The first-order valence-corrected chi connectivity index (χ1v) is 15.4. The zero-order valence-corrected chi connectivity index (χ0v) is 24.4. The standard InChI is InChI=1S/C30H26ClN5O3S2/c1-22-15-17-27(18-16-22)41(38,39)35(26-14-8-9-23(31)19-26)20-28-33-34-30(36(28)25-12-6-3-7-13-25)40-21-29(37)32-24-10-4-2-5-11-24/h2-19H,20-21H2,1H3,(H,32,37). The zero-order valence-electron chi connectivity index (χ0n) is 22.0. The molecule has 0 bridgehead atoms. The third-order valence-electron chi connectivity index (χ3n) is 6.09. The third-order valence-corrected chi connectivity index (χ3v) is 9.05. The third kappa shape index (κ3) is 6.79. The topological polar surface area (TPSA) is 97.2 Å². The van der Waals surface area contributed by atoms with Crippen LogP contribution >= 0.6 is 23.4 Å². The second-order valence-corrected chi connectivity index (χ2v) is 12.3. The summed E-state index contributed by atoms with van der Waals surface area (Å²) in [4.78, 5) is 12.8. The summed E-state index contributed by atoms with van der Waals surface area (Å²) in [5, 5.41) is 12.4. The lowest BCUT2D eigenvalue weighted by atomic mass is 10.2. The Morgan fingerprint density at radius 3 is 2.27 bits per heavy atom. The number of aryl methyl sites for hydroxylation is 1. The minimum atomic E-state index is -4.01. The normalized spacial score (nSPS) is 11.3. The van der Waals surface area contributed by atoms with Gasteiger partial charge in [-0.25, -0.2) is 8.42 Å². The number of hydrogen-bond donors (Lipinski definition) is 1. The first kappa shape index (κ1) is 28.4. The highest BCUT2D eigenvalue weighted by Crippen LogP contribution is 2.30. The summed E-state index contributed by atoms with van der Waals surface area (Å²) in [7, 11) is -4.01. The van der Waals surface area contributed by atoms with Gasteiger partial charge in [0.25, 0.3) is 10.0 Å². The largest absolute Gasteiger partial charge is 0.325 e. The van der Waals surface area contributed by atoms with E-state index in [9.17, 15) is 13.2 Å². The predicted octanol–water partition coefficient (Wildman–Crippen LogP) is 6.36. The van der Waals surface area contributed by atoms with Gasteiger partial charge >= 0.3 is 0 Å². The van der Waals surface area contributed by atoms with E-state index in [0.717, 1.165) is 11.3 Å². The molecule has 1 aromatic heterocycles. The fraction of sp³-hybridized carbons (Fsp3) is 0.100. The molecule has 0 atom stereocenters. The van der Waals surface area contributed by atoms with Crippen molar-refractivity contribution in [3.05, 3.63) is 126 Å². The number of halogens is 1. The molecule has 41 heavy (non-hydrogen) atoms. The Balaban J connectivity index is 1.50. The van der Waals surface area contributed by atoms with Gasteiger partial charge in [-0.1, -0.05) is 83.5 Å².